The van der Waals surface area contributed by atoms with Crippen molar-refractivity contribution in [1.82, 2.24) is 14.8 Å². The van der Waals surface area contributed by atoms with E-state index in [4.69, 9.17) is 21.1 Å². The van der Waals surface area contributed by atoms with Crippen LogP contribution in [0.1, 0.15) is 44.5 Å². The second-order valence-corrected chi connectivity index (χ2v) is 7.34. The van der Waals surface area contributed by atoms with Gasteiger partial charge in [0.15, 0.2) is 5.82 Å². The Morgan fingerprint density at radius 2 is 2.04 bits per heavy atom. The molecule has 0 unspecified atom stereocenters. The van der Waals surface area contributed by atoms with Gasteiger partial charge in [0.05, 0.1) is 5.56 Å². The monoisotopic (exact) mass is 349 g/mol. The molecule has 0 saturated heterocycles. The number of pyridine rings is 1. The summed E-state index contributed by atoms with van der Waals surface area (Å²) >= 11 is 6.14. The van der Waals surface area contributed by atoms with Crippen LogP contribution in [0.15, 0.2) is 24.4 Å². The predicted molar refractivity (Wildman–Crippen MR) is 89.7 cm³/mol. The Balaban J connectivity index is 1.76. The molecule has 2 heterocycles. The van der Waals surface area contributed by atoms with E-state index in [1.807, 2.05) is 0 Å². The fourth-order valence-corrected chi connectivity index (χ4v) is 2.37. The summed E-state index contributed by atoms with van der Waals surface area (Å²) in [6, 6.07) is 5.04. The normalized spacial score (nSPS) is 19.9. The number of hydrogen-bond acceptors (Lipinski definition) is 5. The SMILES string of the molecule is C[C@H]1C[C@@H]1Oc1ccn(-c2ccc(C(=O)OC(C)(C)C)c(Cl)n2)n1. The Morgan fingerprint density at radius 1 is 1.33 bits per heavy atom. The molecule has 0 spiro atoms. The average molecular weight is 350 g/mol. The molecule has 2 aromatic heterocycles. The summed E-state index contributed by atoms with van der Waals surface area (Å²) in [5.74, 6) is 1.14. The maximum atomic E-state index is 12.1. The number of esters is 1. The van der Waals surface area contributed by atoms with Gasteiger partial charge in [-0.25, -0.2) is 14.5 Å². The number of ether oxygens (including phenoxy) is 2. The molecule has 0 radical (unpaired) electrons. The summed E-state index contributed by atoms with van der Waals surface area (Å²) in [4.78, 5) is 16.3. The van der Waals surface area contributed by atoms with E-state index in [9.17, 15) is 4.79 Å². The van der Waals surface area contributed by atoms with Gasteiger partial charge in [0.1, 0.15) is 16.9 Å². The maximum absolute atomic E-state index is 12.1. The first-order chi connectivity index (χ1) is 11.2. The van der Waals surface area contributed by atoms with E-state index in [1.54, 1.807) is 49.8 Å². The van der Waals surface area contributed by atoms with Crippen LogP contribution in [0.2, 0.25) is 5.15 Å². The summed E-state index contributed by atoms with van der Waals surface area (Å²) in [6.07, 6.45) is 3.05. The molecule has 0 aromatic carbocycles. The first-order valence-electron chi connectivity index (χ1n) is 7.85. The zero-order valence-electron chi connectivity index (χ0n) is 14.1. The lowest BCUT2D eigenvalue weighted by molar-refractivity contribution is 0.00693. The molecule has 1 saturated carbocycles. The Kier molecular flexibility index (Phi) is 4.25. The molecule has 0 bridgehead atoms. The van der Waals surface area contributed by atoms with Crippen LogP contribution < -0.4 is 4.74 Å². The summed E-state index contributed by atoms with van der Waals surface area (Å²) in [5.41, 5.74) is -0.362. The summed E-state index contributed by atoms with van der Waals surface area (Å²) in [6.45, 7) is 7.53. The third-order valence-corrected chi connectivity index (χ3v) is 3.85. The molecule has 0 N–H and O–H groups in total. The van der Waals surface area contributed by atoms with Crippen LogP contribution in [0.3, 0.4) is 0 Å². The lowest BCUT2D eigenvalue weighted by Crippen LogP contribution is -2.24. The number of carbonyl (C=O) groups excluding carboxylic acids is 1. The van der Waals surface area contributed by atoms with Crippen molar-refractivity contribution in [2.75, 3.05) is 0 Å². The van der Waals surface area contributed by atoms with Crippen LogP contribution in [0.5, 0.6) is 5.88 Å². The van der Waals surface area contributed by atoms with Gasteiger partial charge in [-0.15, -0.1) is 5.10 Å². The lowest BCUT2D eigenvalue weighted by atomic mass is 10.2. The third kappa shape index (κ3) is 3.87. The molecule has 6 nitrogen and oxygen atoms in total. The van der Waals surface area contributed by atoms with Crippen LogP contribution >= 0.6 is 11.6 Å². The van der Waals surface area contributed by atoms with Gasteiger partial charge in [0.25, 0.3) is 0 Å². The fraction of sp³-hybridized carbons (Fsp3) is 0.471. The highest BCUT2D eigenvalue weighted by Crippen LogP contribution is 2.33. The van der Waals surface area contributed by atoms with Crippen LogP contribution in [0.25, 0.3) is 5.82 Å². The highest BCUT2D eigenvalue weighted by molar-refractivity contribution is 6.32. The number of nitrogens with zero attached hydrogens (tertiary/aromatic N) is 3. The second kappa shape index (κ2) is 6.09. The van der Waals surface area contributed by atoms with Gasteiger partial charge in [-0.2, -0.15) is 0 Å². The zero-order valence-corrected chi connectivity index (χ0v) is 14.9. The molecule has 1 aliphatic rings. The summed E-state index contributed by atoms with van der Waals surface area (Å²) in [5, 5.41) is 4.41. The van der Waals surface area contributed by atoms with Gasteiger partial charge < -0.3 is 9.47 Å². The predicted octanol–water partition coefficient (Wildman–Crippen LogP) is 3.66. The maximum Gasteiger partial charge on any atom is 0.341 e. The Hall–Kier alpha value is -2.08. The minimum absolute atomic E-state index is 0.0792. The standard InChI is InChI=1S/C17H20ClN3O3/c1-10-9-12(10)23-14-7-8-21(20-14)13-6-5-11(15(18)19-13)16(22)24-17(2,3)4/h5-8,10,12H,9H2,1-4H3/t10-,12-/m0/s1. The second-order valence-electron chi connectivity index (χ2n) is 6.98. The first-order valence-corrected chi connectivity index (χ1v) is 8.23. The van der Waals surface area contributed by atoms with Gasteiger partial charge in [0, 0.05) is 12.3 Å². The van der Waals surface area contributed by atoms with E-state index < -0.39 is 11.6 Å². The Morgan fingerprint density at radius 3 is 2.62 bits per heavy atom. The quantitative estimate of drug-likeness (QED) is 0.622. The van der Waals surface area contributed by atoms with Crippen molar-refractivity contribution in [2.24, 2.45) is 5.92 Å². The number of rotatable bonds is 4. The third-order valence-electron chi connectivity index (χ3n) is 3.56. The van der Waals surface area contributed by atoms with Gasteiger partial charge in [-0.1, -0.05) is 18.5 Å². The van der Waals surface area contributed by atoms with E-state index in [1.165, 1.54) is 0 Å². The van der Waals surface area contributed by atoms with E-state index >= 15 is 0 Å². The smallest absolute Gasteiger partial charge is 0.341 e. The molecule has 128 valence electrons. The first kappa shape index (κ1) is 16.8. The van der Waals surface area contributed by atoms with Crippen LogP contribution in [-0.2, 0) is 4.74 Å². The minimum Gasteiger partial charge on any atom is -0.473 e. The van der Waals surface area contributed by atoms with Crippen molar-refractivity contribution < 1.29 is 14.3 Å². The molecule has 7 heteroatoms. The highest BCUT2D eigenvalue weighted by Gasteiger charge is 2.35. The zero-order chi connectivity index (χ0) is 17.5. The molecule has 1 fully saturated rings. The van der Waals surface area contributed by atoms with Gasteiger partial charge in [-0.3, -0.25) is 0 Å². The molecule has 1 aliphatic carbocycles. The Bertz CT molecular complexity index is 767. The summed E-state index contributed by atoms with van der Waals surface area (Å²) < 4.78 is 12.6. The molecule has 2 atom stereocenters. The van der Waals surface area contributed by atoms with Crippen molar-refractivity contribution in [1.29, 1.82) is 0 Å². The van der Waals surface area contributed by atoms with Gasteiger partial charge in [-0.05, 0) is 45.2 Å². The Labute approximate surface area is 145 Å². The van der Waals surface area contributed by atoms with E-state index in [-0.39, 0.29) is 16.8 Å². The van der Waals surface area contributed by atoms with Crippen LogP contribution in [0.4, 0.5) is 0 Å². The fourth-order valence-electron chi connectivity index (χ4n) is 2.14. The van der Waals surface area contributed by atoms with Crippen molar-refractivity contribution in [3.05, 3.63) is 35.1 Å². The van der Waals surface area contributed by atoms with Gasteiger partial charge >= 0.3 is 5.97 Å². The topological polar surface area (TPSA) is 66.2 Å². The highest BCUT2D eigenvalue weighted by atomic mass is 35.5. The van der Waals surface area contributed by atoms with E-state index in [0.29, 0.717) is 17.6 Å². The largest absolute Gasteiger partial charge is 0.473 e. The molecule has 24 heavy (non-hydrogen) atoms. The molecule has 3 rings (SSSR count). The molecule has 0 aliphatic heterocycles. The van der Waals surface area contributed by atoms with Crippen molar-refractivity contribution in [2.45, 2.75) is 45.8 Å². The number of hydrogen-bond donors (Lipinski definition) is 0. The average Bonchev–Trinajstić information content (AvgIpc) is 2.96. The number of halogens is 1. The summed E-state index contributed by atoms with van der Waals surface area (Å²) in [7, 11) is 0. The molecule has 0 amide bonds. The van der Waals surface area contributed by atoms with Crippen molar-refractivity contribution >= 4 is 17.6 Å². The van der Waals surface area contributed by atoms with Crippen molar-refractivity contribution in [3.63, 3.8) is 0 Å². The van der Waals surface area contributed by atoms with E-state index in [0.717, 1.165) is 6.42 Å². The van der Waals surface area contributed by atoms with Crippen LogP contribution in [0, 0.1) is 5.92 Å². The number of aromatic nitrogens is 3. The van der Waals surface area contributed by atoms with E-state index in [2.05, 4.69) is 17.0 Å². The van der Waals surface area contributed by atoms with Crippen LogP contribution in [-0.4, -0.2) is 32.4 Å². The van der Waals surface area contributed by atoms with Gasteiger partial charge in [0.2, 0.25) is 5.88 Å². The minimum atomic E-state index is -0.590. The molecular formula is C17H20ClN3O3. The molecule has 2 aromatic rings. The lowest BCUT2D eigenvalue weighted by Gasteiger charge is -2.19. The number of carbonyl (C=O) groups is 1. The molecular weight excluding hydrogens is 330 g/mol. The van der Waals surface area contributed by atoms with Crippen molar-refractivity contribution in [3.8, 4) is 11.7 Å².